The molecule has 6 heteroatoms. The molecule has 0 fully saturated rings. The Balaban J connectivity index is 1.44. The summed E-state index contributed by atoms with van der Waals surface area (Å²) in [6.07, 6.45) is 4.12. The molecule has 1 aliphatic heterocycles. The van der Waals surface area contributed by atoms with Crippen LogP contribution in [-0.4, -0.2) is 17.6 Å². The SMILES string of the molecule is O=C(Nc1ccc(N2C=CCNc3c2ccc2ccccc32)cc1)c1c(O)cccc1Cl. The highest BCUT2D eigenvalue weighted by atomic mass is 35.5. The van der Waals surface area contributed by atoms with E-state index in [1.807, 2.05) is 42.6 Å². The second kappa shape index (κ2) is 8.29. The third-order valence-electron chi connectivity index (χ3n) is 5.44. The Bertz CT molecular complexity index is 1330. The molecular formula is C26H20ClN3O2. The molecule has 32 heavy (non-hydrogen) atoms. The molecule has 158 valence electrons. The average Bonchev–Trinajstić information content (AvgIpc) is 3.02. The van der Waals surface area contributed by atoms with Crippen LogP contribution in [0.15, 0.2) is 91.1 Å². The first-order valence-corrected chi connectivity index (χ1v) is 10.6. The number of carbonyl (C=O) groups is 1. The molecule has 4 aromatic carbocycles. The smallest absolute Gasteiger partial charge is 0.260 e. The lowest BCUT2D eigenvalue weighted by molar-refractivity contribution is 0.102. The van der Waals surface area contributed by atoms with Crippen molar-refractivity contribution in [1.29, 1.82) is 0 Å². The predicted molar refractivity (Wildman–Crippen MR) is 131 cm³/mol. The molecule has 0 atom stereocenters. The van der Waals surface area contributed by atoms with Gasteiger partial charge in [-0.25, -0.2) is 0 Å². The quantitative estimate of drug-likeness (QED) is 0.338. The van der Waals surface area contributed by atoms with Crippen LogP contribution in [0.3, 0.4) is 0 Å². The fraction of sp³-hybridized carbons (Fsp3) is 0.0385. The first-order chi connectivity index (χ1) is 15.6. The monoisotopic (exact) mass is 441 g/mol. The molecule has 1 aliphatic rings. The maximum Gasteiger partial charge on any atom is 0.260 e. The van der Waals surface area contributed by atoms with Crippen molar-refractivity contribution in [3.8, 4) is 5.75 Å². The van der Waals surface area contributed by atoms with E-state index in [4.69, 9.17) is 11.6 Å². The van der Waals surface area contributed by atoms with Crippen LogP contribution in [0.25, 0.3) is 10.8 Å². The number of halogens is 1. The van der Waals surface area contributed by atoms with Crippen molar-refractivity contribution >= 4 is 51.0 Å². The standard InChI is InChI=1S/C26H20ClN3O2/c27-21-7-3-8-23(31)24(21)26(32)29-18-10-12-19(13-11-18)30-16-4-15-28-25-20-6-2-1-5-17(20)9-14-22(25)30/h1-14,16,28,31H,15H2,(H,29,32). The number of phenols is 1. The van der Waals surface area contributed by atoms with E-state index in [0.717, 1.165) is 23.6 Å². The van der Waals surface area contributed by atoms with Gasteiger partial charge in [-0.05, 0) is 53.9 Å². The van der Waals surface area contributed by atoms with Crippen molar-refractivity contribution < 1.29 is 9.90 Å². The number of anilines is 4. The Labute approximate surface area is 190 Å². The molecule has 0 bridgehead atoms. The van der Waals surface area contributed by atoms with E-state index in [1.54, 1.807) is 12.1 Å². The van der Waals surface area contributed by atoms with Crippen LogP contribution in [0.5, 0.6) is 5.75 Å². The Hall–Kier alpha value is -3.96. The van der Waals surface area contributed by atoms with Gasteiger partial charge in [-0.2, -0.15) is 0 Å². The lowest BCUT2D eigenvalue weighted by atomic mass is 10.1. The summed E-state index contributed by atoms with van der Waals surface area (Å²) in [6, 6.07) is 24.7. The average molecular weight is 442 g/mol. The number of nitrogens with zero attached hydrogens (tertiary/aromatic N) is 1. The minimum absolute atomic E-state index is 0.0561. The number of fused-ring (bicyclic) bond motifs is 3. The number of carbonyl (C=O) groups excluding carboxylic acids is 1. The van der Waals surface area contributed by atoms with Gasteiger partial charge >= 0.3 is 0 Å². The van der Waals surface area contributed by atoms with Crippen LogP contribution in [0.2, 0.25) is 5.02 Å². The number of hydrogen-bond acceptors (Lipinski definition) is 4. The van der Waals surface area contributed by atoms with Gasteiger partial charge in [0.1, 0.15) is 11.3 Å². The highest BCUT2D eigenvalue weighted by Gasteiger charge is 2.18. The van der Waals surface area contributed by atoms with Gasteiger partial charge in [-0.3, -0.25) is 4.79 Å². The molecule has 1 heterocycles. The summed E-state index contributed by atoms with van der Waals surface area (Å²) in [5.41, 5.74) is 3.75. The maximum absolute atomic E-state index is 12.6. The third kappa shape index (κ3) is 3.63. The van der Waals surface area contributed by atoms with Gasteiger partial charge in [0.2, 0.25) is 0 Å². The maximum atomic E-state index is 12.6. The number of hydrogen-bond donors (Lipinski definition) is 3. The number of nitrogens with one attached hydrogen (secondary N) is 2. The molecule has 0 radical (unpaired) electrons. The Kier molecular flexibility index (Phi) is 5.17. The fourth-order valence-corrected chi connectivity index (χ4v) is 4.16. The molecular weight excluding hydrogens is 422 g/mol. The molecule has 0 unspecified atom stereocenters. The molecule has 0 aliphatic carbocycles. The summed E-state index contributed by atoms with van der Waals surface area (Å²) in [4.78, 5) is 14.7. The molecule has 0 aromatic heterocycles. The number of amides is 1. The largest absolute Gasteiger partial charge is 0.507 e. The van der Waals surface area contributed by atoms with Gasteiger partial charge in [0.25, 0.3) is 5.91 Å². The first kappa shape index (κ1) is 20.0. The molecule has 3 N–H and O–H groups in total. The topological polar surface area (TPSA) is 64.6 Å². The molecule has 0 spiro atoms. The van der Waals surface area contributed by atoms with Gasteiger partial charge < -0.3 is 20.6 Å². The molecule has 4 aromatic rings. The van der Waals surface area contributed by atoms with Crippen molar-refractivity contribution in [2.24, 2.45) is 0 Å². The van der Waals surface area contributed by atoms with E-state index < -0.39 is 5.91 Å². The van der Waals surface area contributed by atoms with Crippen LogP contribution in [0.4, 0.5) is 22.7 Å². The minimum atomic E-state index is -0.462. The number of rotatable bonds is 3. The van der Waals surface area contributed by atoms with E-state index in [-0.39, 0.29) is 16.3 Å². The predicted octanol–water partition coefficient (Wildman–Crippen LogP) is 6.53. The van der Waals surface area contributed by atoms with Gasteiger partial charge in [0.15, 0.2) is 0 Å². The molecule has 1 amide bonds. The van der Waals surface area contributed by atoms with Gasteiger partial charge in [-0.1, -0.05) is 48.0 Å². The highest BCUT2D eigenvalue weighted by Crippen LogP contribution is 2.39. The fourth-order valence-electron chi connectivity index (χ4n) is 3.91. The van der Waals surface area contributed by atoms with Crippen LogP contribution >= 0.6 is 11.6 Å². The second-order valence-electron chi connectivity index (χ2n) is 7.45. The lowest BCUT2D eigenvalue weighted by Gasteiger charge is -2.23. The summed E-state index contributed by atoms with van der Waals surface area (Å²) >= 11 is 6.08. The zero-order valence-corrected chi connectivity index (χ0v) is 17.8. The Morgan fingerprint density at radius 3 is 2.59 bits per heavy atom. The van der Waals surface area contributed by atoms with E-state index in [2.05, 4.69) is 45.9 Å². The summed E-state index contributed by atoms with van der Waals surface area (Å²) < 4.78 is 0. The summed E-state index contributed by atoms with van der Waals surface area (Å²) in [5, 5.41) is 18.8. The molecule has 0 saturated heterocycles. The molecule has 0 saturated carbocycles. The van der Waals surface area contributed by atoms with E-state index in [1.165, 1.54) is 16.8 Å². The normalized spacial score (nSPS) is 12.7. The van der Waals surface area contributed by atoms with Crippen molar-refractivity contribution in [2.45, 2.75) is 0 Å². The molecule has 5 nitrogen and oxygen atoms in total. The zero-order chi connectivity index (χ0) is 22.1. The van der Waals surface area contributed by atoms with Crippen molar-refractivity contribution in [3.05, 3.63) is 102 Å². The third-order valence-corrected chi connectivity index (χ3v) is 5.75. The number of benzene rings is 4. The van der Waals surface area contributed by atoms with Crippen LogP contribution in [0, 0.1) is 0 Å². The van der Waals surface area contributed by atoms with Crippen molar-refractivity contribution in [3.63, 3.8) is 0 Å². The zero-order valence-electron chi connectivity index (χ0n) is 17.0. The number of phenolic OH excluding ortho intramolecular Hbond substituents is 1. The summed E-state index contributed by atoms with van der Waals surface area (Å²) in [6.45, 7) is 0.729. The van der Waals surface area contributed by atoms with Crippen LogP contribution in [0.1, 0.15) is 10.4 Å². The van der Waals surface area contributed by atoms with Gasteiger partial charge in [0.05, 0.1) is 16.4 Å². The lowest BCUT2D eigenvalue weighted by Crippen LogP contribution is -2.13. The summed E-state index contributed by atoms with van der Waals surface area (Å²) in [5.74, 6) is -0.616. The first-order valence-electron chi connectivity index (χ1n) is 10.2. The van der Waals surface area contributed by atoms with E-state index in [9.17, 15) is 9.90 Å². The second-order valence-corrected chi connectivity index (χ2v) is 7.86. The Morgan fingerprint density at radius 2 is 1.78 bits per heavy atom. The molecule has 5 rings (SSSR count). The number of aromatic hydroxyl groups is 1. The van der Waals surface area contributed by atoms with Crippen LogP contribution < -0.4 is 15.5 Å². The van der Waals surface area contributed by atoms with Crippen molar-refractivity contribution in [2.75, 3.05) is 22.1 Å². The van der Waals surface area contributed by atoms with E-state index >= 15 is 0 Å². The minimum Gasteiger partial charge on any atom is -0.507 e. The van der Waals surface area contributed by atoms with Gasteiger partial charge in [-0.15, -0.1) is 0 Å². The highest BCUT2D eigenvalue weighted by molar-refractivity contribution is 6.34. The van der Waals surface area contributed by atoms with Crippen molar-refractivity contribution in [1.82, 2.24) is 0 Å². The van der Waals surface area contributed by atoms with Gasteiger partial charge in [0, 0.05) is 29.5 Å². The van der Waals surface area contributed by atoms with E-state index in [0.29, 0.717) is 5.69 Å². The van der Waals surface area contributed by atoms with Crippen LogP contribution in [-0.2, 0) is 0 Å². The summed E-state index contributed by atoms with van der Waals surface area (Å²) in [7, 11) is 0. The Morgan fingerprint density at radius 1 is 0.969 bits per heavy atom.